The second-order valence-electron chi connectivity index (χ2n) is 5.77. The summed E-state index contributed by atoms with van der Waals surface area (Å²) in [6.07, 6.45) is 0.369. The fraction of sp³-hybridized carbons (Fsp3) is 0.200. The molecule has 4 nitrogen and oxygen atoms in total. The summed E-state index contributed by atoms with van der Waals surface area (Å²) in [5, 5.41) is 4.42. The van der Waals surface area contributed by atoms with Crippen molar-refractivity contribution in [1.29, 1.82) is 0 Å². The number of anilines is 1. The first-order chi connectivity index (χ1) is 13.0. The van der Waals surface area contributed by atoms with E-state index in [1.165, 1.54) is 0 Å². The number of aromatic nitrogens is 1. The lowest BCUT2D eigenvalue weighted by Crippen LogP contribution is -2.14. The van der Waals surface area contributed by atoms with E-state index in [0.29, 0.717) is 32.9 Å². The van der Waals surface area contributed by atoms with E-state index in [-0.39, 0.29) is 18.0 Å². The van der Waals surface area contributed by atoms with E-state index >= 15 is 0 Å². The molecule has 0 aliphatic carbocycles. The fourth-order valence-electron chi connectivity index (χ4n) is 2.92. The normalized spacial score (nSPS) is 10.8. The number of ether oxygens (including phenoxy) is 1. The fourth-order valence-corrected chi connectivity index (χ4v) is 3.30. The molecule has 2 aromatic carbocycles. The number of esters is 1. The van der Waals surface area contributed by atoms with E-state index in [1.807, 2.05) is 18.2 Å². The maximum absolute atomic E-state index is 13.2. The number of nitrogens with one attached hydrogen (secondary N) is 1. The van der Waals surface area contributed by atoms with Crippen LogP contribution in [0.1, 0.15) is 28.5 Å². The monoisotopic (exact) mass is 406 g/mol. The summed E-state index contributed by atoms with van der Waals surface area (Å²) in [6.45, 7) is 1.02. The highest BCUT2D eigenvalue weighted by atomic mass is 35.5. The largest absolute Gasteiger partial charge is 0.461 e. The van der Waals surface area contributed by atoms with Crippen LogP contribution in [0.25, 0.3) is 10.9 Å². The van der Waals surface area contributed by atoms with Crippen LogP contribution in [0.5, 0.6) is 0 Å². The Hall–Kier alpha value is -2.37. The van der Waals surface area contributed by atoms with Gasteiger partial charge >= 0.3 is 5.97 Å². The van der Waals surface area contributed by atoms with E-state index in [1.54, 1.807) is 31.2 Å². The molecule has 1 N–H and O–H groups in total. The first-order valence-electron chi connectivity index (χ1n) is 8.37. The quantitative estimate of drug-likeness (QED) is 0.424. The van der Waals surface area contributed by atoms with Gasteiger partial charge in [0.1, 0.15) is 0 Å². The Bertz CT molecular complexity index is 995. The number of fused-ring (bicyclic) bond motifs is 1. The number of pyridine rings is 1. The summed E-state index contributed by atoms with van der Waals surface area (Å²) in [4.78, 5) is 16.8. The lowest BCUT2D eigenvalue weighted by atomic mass is 9.97. The van der Waals surface area contributed by atoms with Gasteiger partial charge < -0.3 is 10.1 Å². The van der Waals surface area contributed by atoms with Gasteiger partial charge in [0.2, 0.25) is 0 Å². The van der Waals surface area contributed by atoms with Crippen molar-refractivity contribution < 1.29 is 13.9 Å². The summed E-state index contributed by atoms with van der Waals surface area (Å²) in [5.41, 5.74) is 2.39. The molecule has 3 rings (SSSR count). The van der Waals surface area contributed by atoms with Crippen molar-refractivity contribution in [3.8, 4) is 0 Å². The average molecular weight is 407 g/mol. The minimum absolute atomic E-state index is 0.0337. The molecule has 0 spiro atoms. The topological polar surface area (TPSA) is 51.2 Å². The number of hydrogen-bond donors (Lipinski definition) is 1. The molecule has 0 atom stereocenters. The number of alkyl halides is 1. The molecule has 0 amide bonds. The second-order valence-corrected chi connectivity index (χ2v) is 6.62. The highest BCUT2D eigenvalue weighted by Gasteiger charge is 2.22. The van der Waals surface area contributed by atoms with Gasteiger partial charge in [0, 0.05) is 21.9 Å². The molecule has 0 saturated heterocycles. The molecule has 27 heavy (non-hydrogen) atoms. The Morgan fingerprint density at radius 1 is 1.22 bits per heavy atom. The third kappa shape index (κ3) is 4.15. The first kappa shape index (κ1) is 19.4. The van der Waals surface area contributed by atoms with Crippen LogP contribution in [0.15, 0.2) is 42.5 Å². The van der Waals surface area contributed by atoms with Crippen molar-refractivity contribution in [3.63, 3.8) is 0 Å². The number of carbonyl (C=O) groups is 1. The number of benzene rings is 2. The molecule has 0 aliphatic heterocycles. The van der Waals surface area contributed by atoms with Crippen LogP contribution < -0.4 is 5.32 Å². The molecule has 1 aromatic heterocycles. The number of rotatable bonds is 6. The molecule has 140 valence electrons. The maximum atomic E-state index is 13.2. The van der Waals surface area contributed by atoms with E-state index in [9.17, 15) is 9.18 Å². The van der Waals surface area contributed by atoms with Crippen molar-refractivity contribution in [2.75, 3.05) is 18.7 Å². The van der Waals surface area contributed by atoms with Gasteiger partial charge in [-0.25, -0.2) is 14.2 Å². The minimum Gasteiger partial charge on any atom is -0.461 e. The van der Waals surface area contributed by atoms with Crippen LogP contribution in [-0.2, 0) is 11.2 Å². The van der Waals surface area contributed by atoms with Gasteiger partial charge in [-0.05, 0) is 42.3 Å². The Morgan fingerprint density at radius 2 is 2.00 bits per heavy atom. The molecular weight excluding hydrogens is 390 g/mol. The van der Waals surface area contributed by atoms with Crippen molar-refractivity contribution >= 4 is 45.8 Å². The van der Waals surface area contributed by atoms with Gasteiger partial charge in [-0.15, -0.1) is 0 Å². The Morgan fingerprint density at radius 3 is 2.70 bits per heavy atom. The van der Waals surface area contributed by atoms with Crippen molar-refractivity contribution in [2.45, 2.75) is 13.3 Å². The molecule has 3 aromatic rings. The van der Waals surface area contributed by atoms with E-state index in [2.05, 4.69) is 10.3 Å². The van der Waals surface area contributed by atoms with Crippen molar-refractivity contribution in [3.05, 3.63) is 69.3 Å². The Labute approximate surface area is 166 Å². The lowest BCUT2D eigenvalue weighted by molar-refractivity contribution is 0.0521. The Kier molecular flexibility index (Phi) is 6.14. The molecule has 7 heteroatoms. The van der Waals surface area contributed by atoms with Gasteiger partial charge in [0.15, 0.2) is 12.5 Å². The molecule has 0 aliphatic rings. The predicted molar refractivity (Wildman–Crippen MR) is 107 cm³/mol. The zero-order chi connectivity index (χ0) is 19.4. The third-order valence-electron chi connectivity index (χ3n) is 4.09. The number of nitrogens with zero attached hydrogens (tertiary/aromatic N) is 1. The molecule has 0 radical (unpaired) electrons. The third-order valence-corrected chi connectivity index (χ3v) is 4.70. The molecule has 0 saturated carbocycles. The van der Waals surface area contributed by atoms with E-state index in [4.69, 9.17) is 27.9 Å². The van der Waals surface area contributed by atoms with Gasteiger partial charge in [0.05, 0.1) is 17.8 Å². The zero-order valence-corrected chi connectivity index (χ0v) is 16.1. The van der Waals surface area contributed by atoms with Crippen molar-refractivity contribution in [2.24, 2.45) is 0 Å². The number of hydrogen-bond acceptors (Lipinski definition) is 4. The summed E-state index contributed by atoms with van der Waals surface area (Å²) in [6, 6.07) is 12.5. The standard InChI is InChI=1S/C20H17Cl2FN2O2/c1-2-27-20(26)19-18(24-11-23)15(9-12-5-3-4-6-16(12)22)14-10-13(21)7-8-17(14)25-19/h3-8,10,24H,2,9,11H2,1H3. The van der Waals surface area contributed by atoms with Crippen LogP contribution in [0.2, 0.25) is 10.0 Å². The SMILES string of the molecule is CCOC(=O)c1nc2ccc(Cl)cc2c(Cc2ccccc2Cl)c1NCF. The Balaban J connectivity index is 2.28. The maximum Gasteiger partial charge on any atom is 0.359 e. The molecule has 0 unspecified atom stereocenters. The zero-order valence-electron chi connectivity index (χ0n) is 14.6. The van der Waals surface area contributed by atoms with Crippen LogP contribution in [0.4, 0.5) is 10.1 Å². The summed E-state index contributed by atoms with van der Waals surface area (Å²) in [7, 11) is 0. The second kappa shape index (κ2) is 8.55. The van der Waals surface area contributed by atoms with Gasteiger partial charge in [-0.1, -0.05) is 41.4 Å². The van der Waals surface area contributed by atoms with Crippen LogP contribution in [-0.4, -0.2) is 24.4 Å². The smallest absolute Gasteiger partial charge is 0.359 e. The van der Waals surface area contributed by atoms with E-state index < -0.39 is 12.8 Å². The summed E-state index contributed by atoms with van der Waals surface area (Å²) < 4.78 is 18.3. The summed E-state index contributed by atoms with van der Waals surface area (Å²) >= 11 is 12.5. The van der Waals surface area contributed by atoms with Crippen LogP contribution in [0.3, 0.4) is 0 Å². The molecule has 0 bridgehead atoms. The van der Waals surface area contributed by atoms with Crippen molar-refractivity contribution in [1.82, 2.24) is 4.98 Å². The minimum atomic E-state index is -0.865. The number of carbonyl (C=O) groups excluding carboxylic acids is 1. The average Bonchev–Trinajstić information content (AvgIpc) is 2.65. The molecule has 0 fully saturated rings. The highest BCUT2D eigenvalue weighted by molar-refractivity contribution is 6.31. The first-order valence-corrected chi connectivity index (χ1v) is 9.13. The van der Waals surface area contributed by atoms with E-state index in [0.717, 1.165) is 5.56 Å². The van der Waals surface area contributed by atoms with Crippen LogP contribution in [0, 0.1) is 0 Å². The summed E-state index contributed by atoms with van der Waals surface area (Å²) in [5.74, 6) is -0.620. The van der Waals surface area contributed by atoms with Gasteiger partial charge in [-0.2, -0.15) is 0 Å². The van der Waals surface area contributed by atoms with Crippen LogP contribution >= 0.6 is 23.2 Å². The predicted octanol–water partition coefficient (Wildman–Crippen LogP) is 5.65. The molecular formula is C20H17Cl2FN2O2. The molecule has 1 heterocycles. The number of halogens is 3. The lowest BCUT2D eigenvalue weighted by Gasteiger charge is -2.17. The van der Waals surface area contributed by atoms with Gasteiger partial charge in [0.25, 0.3) is 0 Å². The van der Waals surface area contributed by atoms with Gasteiger partial charge in [-0.3, -0.25) is 0 Å². The highest BCUT2D eigenvalue weighted by Crippen LogP contribution is 2.33.